The van der Waals surface area contributed by atoms with Crippen molar-refractivity contribution in [2.24, 2.45) is 23.7 Å². The highest BCUT2D eigenvalue weighted by molar-refractivity contribution is 6.11. The van der Waals surface area contributed by atoms with Crippen molar-refractivity contribution in [2.45, 2.75) is 78.2 Å². The fourth-order valence-electron chi connectivity index (χ4n) is 4.29. The Morgan fingerprint density at radius 1 is 1.00 bits per heavy atom. The number of hydrogen-bond acceptors (Lipinski definition) is 1. The van der Waals surface area contributed by atoms with Gasteiger partial charge in [-0.1, -0.05) is 47.0 Å². The fourth-order valence-corrected chi connectivity index (χ4v) is 4.29. The van der Waals surface area contributed by atoms with E-state index in [0.29, 0.717) is 11.8 Å². The summed E-state index contributed by atoms with van der Waals surface area (Å²) in [6.45, 7) is 10.3. The third-order valence-electron chi connectivity index (χ3n) is 5.21. The summed E-state index contributed by atoms with van der Waals surface area (Å²) in [6.07, 6.45) is 8.73. The van der Waals surface area contributed by atoms with Gasteiger partial charge in [-0.2, -0.15) is 0 Å². The van der Waals surface area contributed by atoms with Crippen LogP contribution in [0.3, 0.4) is 0 Å². The molecule has 0 aromatic carbocycles. The Kier molecular flexibility index (Phi) is 5.40. The molecule has 2 aliphatic rings. The van der Waals surface area contributed by atoms with E-state index < -0.39 is 0 Å². The van der Waals surface area contributed by atoms with Crippen molar-refractivity contribution in [3.05, 3.63) is 0 Å². The van der Waals surface area contributed by atoms with E-state index in [-0.39, 0.29) is 5.94 Å². The van der Waals surface area contributed by atoms with Gasteiger partial charge in [0.25, 0.3) is 0 Å². The quantitative estimate of drug-likeness (QED) is 0.674. The van der Waals surface area contributed by atoms with E-state index in [1.807, 2.05) is 0 Å². The first-order chi connectivity index (χ1) is 8.97. The van der Waals surface area contributed by atoms with Gasteiger partial charge in [0, 0.05) is 12.6 Å². The predicted molar refractivity (Wildman–Crippen MR) is 84.4 cm³/mol. The molecule has 0 N–H and O–H groups in total. The minimum absolute atomic E-state index is 0.242. The van der Waals surface area contributed by atoms with Crippen molar-refractivity contribution in [3.63, 3.8) is 0 Å². The van der Waals surface area contributed by atoms with Crippen LogP contribution in [0.15, 0.2) is 0 Å². The molecule has 2 heteroatoms. The summed E-state index contributed by atoms with van der Waals surface area (Å²) in [5.74, 6) is 3.50. The van der Waals surface area contributed by atoms with E-state index in [9.17, 15) is 0 Å². The van der Waals surface area contributed by atoms with Crippen LogP contribution in [-0.4, -0.2) is 31.3 Å². The number of hydrogen-bond donors (Lipinski definition) is 0. The van der Waals surface area contributed by atoms with E-state index in [1.54, 1.807) is 0 Å². The predicted octanol–water partition coefficient (Wildman–Crippen LogP) is 4.06. The van der Waals surface area contributed by atoms with Gasteiger partial charge in [0.05, 0.1) is 7.85 Å². The molecule has 0 amide bonds. The molecule has 0 aromatic heterocycles. The van der Waals surface area contributed by atoms with Gasteiger partial charge in [0.15, 0.2) is 0 Å². The molecule has 0 spiro atoms. The molecule has 2 bridgehead atoms. The van der Waals surface area contributed by atoms with Crippen LogP contribution in [0.4, 0.5) is 0 Å². The summed E-state index contributed by atoms with van der Waals surface area (Å²) >= 11 is 0. The molecule has 2 fully saturated rings. The molecular formula is C17H32BN. The molecule has 3 unspecified atom stereocenters. The van der Waals surface area contributed by atoms with Gasteiger partial charge < -0.3 is 4.90 Å². The molecule has 2 rings (SSSR count). The van der Waals surface area contributed by atoms with E-state index in [0.717, 1.165) is 17.9 Å². The van der Waals surface area contributed by atoms with E-state index >= 15 is 0 Å². The van der Waals surface area contributed by atoms with Crippen LogP contribution in [-0.2, 0) is 0 Å². The van der Waals surface area contributed by atoms with E-state index in [2.05, 4.69) is 32.6 Å². The Hall–Kier alpha value is 0.0249. The summed E-state index contributed by atoms with van der Waals surface area (Å²) in [7, 11) is 6.52. The second-order valence-corrected chi connectivity index (χ2v) is 7.85. The van der Waals surface area contributed by atoms with Gasteiger partial charge in [-0.15, -0.1) is 0 Å². The molecule has 2 radical (unpaired) electrons. The van der Waals surface area contributed by atoms with Gasteiger partial charge in [0.1, 0.15) is 0 Å². The summed E-state index contributed by atoms with van der Waals surface area (Å²) in [5, 5.41) is 0. The third-order valence-corrected chi connectivity index (χ3v) is 5.21. The SMILES string of the molecule is [B]C(C(C)C)N(CC(C)C)C1CC2CCCC(C2)C1. The Labute approximate surface area is 121 Å². The second-order valence-electron chi connectivity index (χ2n) is 7.85. The van der Waals surface area contributed by atoms with Crippen LogP contribution in [0.1, 0.15) is 66.2 Å². The summed E-state index contributed by atoms with van der Waals surface area (Å²) in [4.78, 5) is 2.65. The molecule has 19 heavy (non-hydrogen) atoms. The first-order valence-electron chi connectivity index (χ1n) is 8.48. The lowest BCUT2D eigenvalue weighted by Crippen LogP contribution is -2.51. The third kappa shape index (κ3) is 4.00. The lowest BCUT2D eigenvalue weighted by Gasteiger charge is -2.47. The highest BCUT2D eigenvalue weighted by atomic mass is 15.2. The minimum atomic E-state index is 0.242. The van der Waals surface area contributed by atoms with Crippen molar-refractivity contribution < 1.29 is 0 Å². The maximum absolute atomic E-state index is 6.52. The van der Waals surface area contributed by atoms with Crippen LogP contribution >= 0.6 is 0 Å². The largest absolute Gasteiger partial charge is 0.306 e. The maximum Gasteiger partial charge on any atom is 0.0914 e. The van der Waals surface area contributed by atoms with Crippen molar-refractivity contribution >= 4 is 7.85 Å². The van der Waals surface area contributed by atoms with Gasteiger partial charge in [-0.25, -0.2) is 0 Å². The Morgan fingerprint density at radius 2 is 1.58 bits per heavy atom. The standard InChI is InChI=1S/C17H32BN/c1-12(2)11-19(17(18)13(3)4)16-9-14-6-5-7-15(8-14)10-16/h12-17H,5-11H2,1-4H3. The van der Waals surface area contributed by atoms with Crippen molar-refractivity contribution in [3.8, 4) is 0 Å². The van der Waals surface area contributed by atoms with Gasteiger partial charge >= 0.3 is 0 Å². The first-order valence-corrected chi connectivity index (χ1v) is 8.48. The molecule has 0 heterocycles. The summed E-state index contributed by atoms with van der Waals surface area (Å²) in [5.41, 5.74) is 0. The lowest BCUT2D eigenvalue weighted by molar-refractivity contribution is 0.0458. The van der Waals surface area contributed by atoms with Gasteiger partial charge in [-0.05, 0) is 48.9 Å². The van der Waals surface area contributed by atoms with Crippen molar-refractivity contribution in [2.75, 3.05) is 6.54 Å². The highest BCUT2D eigenvalue weighted by Gasteiger charge is 2.36. The molecule has 0 aromatic rings. The molecule has 108 valence electrons. The monoisotopic (exact) mass is 261 g/mol. The van der Waals surface area contributed by atoms with Crippen molar-refractivity contribution in [1.29, 1.82) is 0 Å². The molecular weight excluding hydrogens is 229 g/mol. The van der Waals surface area contributed by atoms with Crippen LogP contribution in [0.2, 0.25) is 0 Å². The van der Waals surface area contributed by atoms with Crippen LogP contribution < -0.4 is 0 Å². The fraction of sp³-hybridized carbons (Fsp3) is 1.00. The van der Waals surface area contributed by atoms with E-state index in [1.165, 1.54) is 45.1 Å². The topological polar surface area (TPSA) is 3.24 Å². The highest BCUT2D eigenvalue weighted by Crippen LogP contribution is 2.42. The van der Waals surface area contributed by atoms with Crippen molar-refractivity contribution in [1.82, 2.24) is 4.90 Å². The molecule has 1 nitrogen and oxygen atoms in total. The van der Waals surface area contributed by atoms with Gasteiger partial charge in [-0.3, -0.25) is 0 Å². The smallest absolute Gasteiger partial charge is 0.0914 e. The second kappa shape index (κ2) is 6.65. The maximum atomic E-state index is 6.52. The zero-order chi connectivity index (χ0) is 14.0. The van der Waals surface area contributed by atoms with Crippen LogP contribution in [0, 0.1) is 23.7 Å². The molecule has 2 saturated carbocycles. The summed E-state index contributed by atoms with van der Waals surface area (Å²) < 4.78 is 0. The van der Waals surface area contributed by atoms with Gasteiger partial charge in [0.2, 0.25) is 0 Å². The Morgan fingerprint density at radius 3 is 2.05 bits per heavy atom. The minimum Gasteiger partial charge on any atom is -0.306 e. The number of nitrogens with zero attached hydrogens (tertiary/aromatic N) is 1. The Balaban J connectivity index is 2.04. The van der Waals surface area contributed by atoms with E-state index in [4.69, 9.17) is 7.85 Å². The molecule has 2 aliphatic carbocycles. The zero-order valence-electron chi connectivity index (χ0n) is 13.4. The van der Waals surface area contributed by atoms with Crippen LogP contribution in [0.25, 0.3) is 0 Å². The van der Waals surface area contributed by atoms with Crippen LogP contribution in [0.5, 0.6) is 0 Å². The normalized spacial score (nSPS) is 33.1. The Bertz CT molecular complexity index is 264. The average molecular weight is 261 g/mol. The lowest BCUT2D eigenvalue weighted by atomic mass is 9.69. The first kappa shape index (κ1) is 15.4. The number of rotatable bonds is 5. The summed E-state index contributed by atoms with van der Waals surface area (Å²) in [6, 6.07) is 0.754. The zero-order valence-corrected chi connectivity index (χ0v) is 13.4. The number of fused-ring (bicyclic) bond motifs is 2. The molecule has 0 aliphatic heterocycles. The average Bonchev–Trinajstić information content (AvgIpc) is 2.34. The molecule has 3 atom stereocenters. The molecule has 0 saturated heterocycles.